The SMILES string of the molecule is C/C=C(\C)C(C)(F)F.CC.CC/C=C(/C)c1ccc(CSc2ccnc(Cl)n2)cc1.CCC(C)C. The van der Waals surface area contributed by atoms with E-state index in [1.165, 1.54) is 36.1 Å². The van der Waals surface area contributed by atoms with Crippen molar-refractivity contribution in [2.24, 2.45) is 5.92 Å². The van der Waals surface area contributed by atoms with Crippen LogP contribution in [-0.4, -0.2) is 15.9 Å². The van der Waals surface area contributed by atoms with Gasteiger partial charge in [-0.15, -0.1) is 11.8 Å². The third kappa shape index (κ3) is 18.2. The van der Waals surface area contributed by atoms with Crippen LogP contribution < -0.4 is 0 Å². The first-order chi connectivity index (χ1) is 16.4. The number of aromatic nitrogens is 2. The highest BCUT2D eigenvalue weighted by Crippen LogP contribution is 2.23. The molecular weight excluding hydrogens is 482 g/mol. The molecular formula is C29H45ClF2N2S. The minimum absolute atomic E-state index is 0.123. The van der Waals surface area contributed by atoms with Gasteiger partial charge < -0.3 is 0 Å². The van der Waals surface area contributed by atoms with Gasteiger partial charge in [-0.25, -0.2) is 18.7 Å². The minimum Gasteiger partial charge on any atom is -0.226 e. The van der Waals surface area contributed by atoms with E-state index in [9.17, 15) is 8.78 Å². The molecule has 6 heteroatoms. The molecule has 0 aliphatic carbocycles. The standard InChI is InChI=1S/C16H17ClN2S.C6H10F2.C5H12.C2H6/c1-3-4-12(2)14-7-5-13(6-8-14)11-20-15-9-10-18-16(17)19-15;1-4-5(2)6(3,7)8;1-4-5(2)3;1-2/h4-10H,3,11H2,1-2H3;4H,1-3H3;5H,4H2,1-3H3;1-2H3/b12-4-;5-4+;;. The highest BCUT2D eigenvalue weighted by atomic mass is 35.5. The number of thioether (sulfide) groups is 1. The number of hydrogen-bond donors (Lipinski definition) is 0. The monoisotopic (exact) mass is 526 g/mol. The van der Waals surface area contributed by atoms with Crippen LogP contribution in [0.1, 0.15) is 93.2 Å². The number of alkyl halides is 2. The topological polar surface area (TPSA) is 25.8 Å². The summed E-state index contributed by atoms with van der Waals surface area (Å²) in [5, 5.41) is 1.20. The molecule has 0 spiro atoms. The molecule has 2 aromatic rings. The molecule has 0 unspecified atom stereocenters. The molecule has 1 heterocycles. The highest BCUT2D eigenvalue weighted by molar-refractivity contribution is 7.98. The van der Waals surface area contributed by atoms with E-state index in [1.54, 1.807) is 24.9 Å². The minimum atomic E-state index is -2.63. The molecule has 0 saturated heterocycles. The number of benzene rings is 1. The molecule has 0 radical (unpaired) electrons. The summed E-state index contributed by atoms with van der Waals surface area (Å²) >= 11 is 7.43. The average molecular weight is 527 g/mol. The maximum atomic E-state index is 12.0. The van der Waals surface area contributed by atoms with Crippen molar-refractivity contribution in [1.29, 1.82) is 0 Å². The fraction of sp³-hybridized carbons (Fsp3) is 0.517. The molecule has 1 aromatic carbocycles. The first kappa shape index (κ1) is 35.4. The number of hydrogen-bond acceptors (Lipinski definition) is 3. The fourth-order valence-corrected chi connectivity index (χ4v) is 3.11. The third-order valence-electron chi connectivity index (χ3n) is 4.85. The number of rotatable bonds is 7. The van der Waals surface area contributed by atoms with Gasteiger partial charge in [0.1, 0.15) is 5.03 Å². The summed E-state index contributed by atoms with van der Waals surface area (Å²) in [5.74, 6) is -0.867. The van der Waals surface area contributed by atoms with Crippen LogP contribution in [-0.2, 0) is 5.75 Å². The molecule has 2 nitrogen and oxygen atoms in total. The lowest BCUT2D eigenvalue weighted by atomic mass is 10.1. The zero-order valence-corrected chi connectivity index (χ0v) is 24.8. The molecule has 2 rings (SSSR count). The summed E-state index contributed by atoms with van der Waals surface area (Å²) in [5.41, 5.74) is 4.01. The third-order valence-corrected chi connectivity index (χ3v) is 6.03. The van der Waals surface area contributed by atoms with E-state index in [1.807, 2.05) is 19.9 Å². The predicted molar refractivity (Wildman–Crippen MR) is 154 cm³/mol. The summed E-state index contributed by atoms with van der Waals surface area (Å²) in [7, 11) is 0. The van der Waals surface area contributed by atoms with Crippen molar-refractivity contribution in [2.45, 2.75) is 98.8 Å². The first-order valence-electron chi connectivity index (χ1n) is 12.3. The van der Waals surface area contributed by atoms with Crippen LogP contribution in [0, 0.1) is 5.92 Å². The van der Waals surface area contributed by atoms with Gasteiger partial charge in [0.25, 0.3) is 5.92 Å². The lowest BCUT2D eigenvalue weighted by Gasteiger charge is -2.08. The molecule has 0 N–H and O–H groups in total. The van der Waals surface area contributed by atoms with E-state index in [0.29, 0.717) is 5.28 Å². The Balaban J connectivity index is 0. The van der Waals surface area contributed by atoms with Crippen molar-refractivity contribution in [3.63, 3.8) is 0 Å². The molecule has 35 heavy (non-hydrogen) atoms. The van der Waals surface area contributed by atoms with E-state index >= 15 is 0 Å². The fourth-order valence-electron chi connectivity index (χ4n) is 2.10. The maximum absolute atomic E-state index is 12.0. The van der Waals surface area contributed by atoms with Crippen molar-refractivity contribution in [1.82, 2.24) is 9.97 Å². The van der Waals surface area contributed by atoms with Gasteiger partial charge in [-0.1, -0.05) is 84.4 Å². The zero-order chi connectivity index (χ0) is 27.4. The quantitative estimate of drug-likeness (QED) is 0.155. The van der Waals surface area contributed by atoms with Crippen LogP contribution in [0.15, 0.2) is 59.3 Å². The maximum Gasteiger partial charge on any atom is 0.266 e. The Kier molecular flexibility index (Phi) is 20.7. The molecule has 0 saturated carbocycles. The van der Waals surface area contributed by atoms with Crippen LogP contribution in [0.25, 0.3) is 5.57 Å². The van der Waals surface area contributed by atoms with Crippen molar-refractivity contribution < 1.29 is 8.78 Å². The van der Waals surface area contributed by atoms with Crippen LogP contribution in [0.2, 0.25) is 5.28 Å². The Morgan fingerprint density at radius 1 is 1.09 bits per heavy atom. The molecule has 198 valence electrons. The summed E-state index contributed by atoms with van der Waals surface area (Å²) in [6, 6.07) is 10.5. The number of halogens is 3. The predicted octanol–water partition coefficient (Wildman–Crippen LogP) is 10.9. The zero-order valence-electron chi connectivity index (χ0n) is 23.3. The smallest absolute Gasteiger partial charge is 0.226 e. The molecule has 0 aliphatic heterocycles. The van der Waals surface area contributed by atoms with Crippen molar-refractivity contribution in [3.8, 4) is 0 Å². The summed E-state index contributed by atoms with van der Waals surface area (Å²) < 4.78 is 24.1. The largest absolute Gasteiger partial charge is 0.266 e. The van der Waals surface area contributed by atoms with E-state index in [0.717, 1.165) is 30.0 Å². The Labute approximate surface area is 222 Å². The molecule has 0 bridgehead atoms. The normalized spacial score (nSPS) is 11.5. The van der Waals surface area contributed by atoms with E-state index in [2.05, 4.69) is 74.9 Å². The van der Waals surface area contributed by atoms with E-state index in [-0.39, 0.29) is 5.57 Å². The first-order valence-corrected chi connectivity index (χ1v) is 13.7. The molecule has 0 aliphatic rings. The van der Waals surface area contributed by atoms with Gasteiger partial charge in [0, 0.05) is 18.9 Å². The Hall–Kier alpha value is -1.72. The van der Waals surface area contributed by atoms with Gasteiger partial charge in [-0.3, -0.25) is 0 Å². The molecule has 0 atom stereocenters. The van der Waals surface area contributed by atoms with Crippen LogP contribution in [0.3, 0.4) is 0 Å². The van der Waals surface area contributed by atoms with Gasteiger partial charge in [-0.2, -0.15) is 0 Å². The molecule has 1 aromatic heterocycles. The van der Waals surface area contributed by atoms with Crippen molar-refractivity contribution >= 4 is 28.9 Å². The second kappa shape index (κ2) is 20.5. The van der Waals surface area contributed by atoms with Crippen LogP contribution in [0.5, 0.6) is 0 Å². The Bertz CT molecular complexity index is 858. The van der Waals surface area contributed by atoms with Gasteiger partial charge in [0.05, 0.1) is 0 Å². The summed E-state index contributed by atoms with van der Waals surface area (Å²) in [4.78, 5) is 8.04. The molecule has 0 amide bonds. The van der Waals surface area contributed by atoms with Crippen LogP contribution >= 0.6 is 23.4 Å². The van der Waals surface area contributed by atoms with Gasteiger partial charge in [0.2, 0.25) is 5.28 Å². The lowest BCUT2D eigenvalue weighted by Crippen LogP contribution is -2.10. The highest BCUT2D eigenvalue weighted by Gasteiger charge is 2.21. The number of nitrogens with zero attached hydrogens (tertiary/aromatic N) is 2. The summed E-state index contributed by atoms with van der Waals surface area (Å²) in [6.45, 7) is 18.9. The van der Waals surface area contributed by atoms with Crippen molar-refractivity contribution in [2.75, 3.05) is 0 Å². The van der Waals surface area contributed by atoms with Crippen LogP contribution in [0.4, 0.5) is 8.78 Å². The lowest BCUT2D eigenvalue weighted by molar-refractivity contribution is 0.0633. The van der Waals surface area contributed by atoms with Crippen molar-refractivity contribution in [3.05, 3.63) is 70.7 Å². The Morgan fingerprint density at radius 2 is 1.63 bits per heavy atom. The van der Waals surface area contributed by atoms with E-state index < -0.39 is 5.92 Å². The van der Waals surface area contributed by atoms with Gasteiger partial charge >= 0.3 is 0 Å². The second-order valence-corrected chi connectivity index (χ2v) is 9.44. The van der Waals surface area contributed by atoms with E-state index in [4.69, 9.17) is 11.6 Å². The average Bonchev–Trinajstić information content (AvgIpc) is 2.84. The van der Waals surface area contributed by atoms with Gasteiger partial charge in [-0.05, 0) is 73.1 Å². The number of allylic oxidation sites excluding steroid dienone is 4. The summed E-state index contributed by atoms with van der Waals surface area (Å²) in [6.07, 6.45) is 7.71. The van der Waals surface area contributed by atoms with Gasteiger partial charge in [0.15, 0.2) is 0 Å². The Morgan fingerprint density at radius 3 is 2.00 bits per heavy atom. The second-order valence-electron chi connectivity index (χ2n) is 8.11. The molecule has 0 fully saturated rings.